The maximum Gasteiger partial charge on any atom is 0.271 e. The number of benzene rings is 1. The monoisotopic (exact) mass is 325 g/mol. The van der Waals surface area contributed by atoms with Crippen molar-refractivity contribution in [2.45, 2.75) is 18.2 Å². The summed E-state index contributed by atoms with van der Waals surface area (Å²) in [5.74, 6) is -0.208. The fourth-order valence-electron chi connectivity index (χ4n) is 1.73. The first kappa shape index (κ1) is 15.6. The second kappa shape index (κ2) is 6.33. The average molecular weight is 325 g/mol. The summed E-state index contributed by atoms with van der Waals surface area (Å²) in [5, 5.41) is 7.79. The van der Waals surface area contributed by atoms with Crippen molar-refractivity contribution in [3.8, 4) is 0 Å². The first-order valence-corrected chi connectivity index (χ1v) is 8.51. The maximum atomic E-state index is 11.8. The summed E-state index contributed by atoms with van der Waals surface area (Å²) >= 11 is 1.29. The number of hydrogen-bond acceptors (Lipinski definition) is 5. The van der Waals surface area contributed by atoms with Crippen LogP contribution in [0.3, 0.4) is 0 Å². The molecule has 21 heavy (non-hydrogen) atoms. The van der Waals surface area contributed by atoms with Gasteiger partial charge in [0.15, 0.2) is 0 Å². The Hall–Kier alpha value is -1.77. The van der Waals surface area contributed by atoms with Gasteiger partial charge in [0.25, 0.3) is 5.91 Å². The zero-order chi connectivity index (χ0) is 15.5. The van der Waals surface area contributed by atoms with Crippen molar-refractivity contribution < 1.29 is 13.2 Å². The highest BCUT2D eigenvalue weighted by atomic mass is 32.2. The number of amides is 1. The molecule has 2 aromatic rings. The third-order valence-corrected chi connectivity index (χ3v) is 4.43. The lowest BCUT2D eigenvalue weighted by atomic mass is 10.1. The van der Waals surface area contributed by atoms with Crippen LogP contribution in [0.1, 0.15) is 20.9 Å². The van der Waals surface area contributed by atoms with Crippen molar-refractivity contribution in [1.82, 2.24) is 9.69 Å². The van der Waals surface area contributed by atoms with Gasteiger partial charge in [0.05, 0.1) is 4.90 Å². The van der Waals surface area contributed by atoms with Gasteiger partial charge in [0.2, 0.25) is 10.0 Å². The van der Waals surface area contributed by atoms with E-state index >= 15 is 0 Å². The van der Waals surface area contributed by atoms with Gasteiger partial charge >= 0.3 is 0 Å². The molecule has 0 spiro atoms. The van der Waals surface area contributed by atoms with Crippen LogP contribution < -0.4 is 10.5 Å². The van der Waals surface area contributed by atoms with Crippen molar-refractivity contribution in [3.05, 3.63) is 46.5 Å². The van der Waals surface area contributed by atoms with E-state index in [4.69, 9.17) is 5.14 Å². The molecule has 0 saturated heterocycles. The minimum Gasteiger partial charge on any atom is -0.350 e. The van der Waals surface area contributed by atoms with Crippen LogP contribution in [-0.4, -0.2) is 25.2 Å². The number of aromatic nitrogens is 1. The molecule has 1 amide bonds. The lowest BCUT2D eigenvalue weighted by Crippen LogP contribution is -2.25. The zero-order valence-corrected chi connectivity index (χ0v) is 13.0. The fraction of sp³-hybridized carbons (Fsp3) is 0.231. The molecule has 0 aliphatic heterocycles. The minimum absolute atomic E-state index is 0.0771. The standard InChI is InChI=1S/C13H15N3O3S2/c1-9-8-12(16-20-9)13(17)15-7-6-10-2-4-11(5-3-10)21(14,18)19/h2-5,8H,6-7H2,1H3,(H,15,17)(H2,14,18,19). The number of nitrogens with two attached hydrogens (primary N) is 1. The number of carbonyl (C=O) groups excluding carboxylic acids is 1. The van der Waals surface area contributed by atoms with Crippen LogP contribution in [0, 0.1) is 6.92 Å². The Balaban J connectivity index is 1.88. The van der Waals surface area contributed by atoms with Crippen LogP contribution in [0.2, 0.25) is 0 Å². The van der Waals surface area contributed by atoms with Gasteiger partial charge in [-0.2, -0.15) is 4.37 Å². The van der Waals surface area contributed by atoms with E-state index < -0.39 is 10.0 Å². The molecule has 2 rings (SSSR count). The van der Waals surface area contributed by atoms with Gasteiger partial charge in [0.1, 0.15) is 5.69 Å². The van der Waals surface area contributed by atoms with E-state index in [1.54, 1.807) is 18.2 Å². The van der Waals surface area contributed by atoms with Crippen molar-refractivity contribution in [2.24, 2.45) is 5.14 Å². The van der Waals surface area contributed by atoms with Crippen molar-refractivity contribution in [1.29, 1.82) is 0 Å². The average Bonchev–Trinajstić information content (AvgIpc) is 2.85. The fourth-order valence-corrected chi connectivity index (χ4v) is 2.79. The molecule has 0 atom stereocenters. The molecular formula is C13H15N3O3S2. The lowest BCUT2D eigenvalue weighted by Gasteiger charge is -2.04. The molecule has 112 valence electrons. The Morgan fingerprint density at radius 1 is 1.33 bits per heavy atom. The Kier molecular flexibility index (Phi) is 4.71. The topological polar surface area (TPSA) is 102 Å². The minimum atomic E-state index is -3.66. The molecule has 0 fully saturated rings. The smallest absolute Gasteiger partial charge is 0.271 e. The van der Waals surface area contributed by atoms with E-state index in [0.717, 1.165) is 10.4 Å². The molecule has 1 aromatic heterocycles. The van der Waals surface area contributed by atoms with Gasteiger partial charge in [-0.3, -0.25) is 4.79 Å². The quantitative estimate of drug-likeness (QED) is 0.858. The Labute approximate surface area is 127 Å². The number of hydrogen-bond donors (Lipinski definition) is 2. The highest BCUT2D eigenvalue weighted by molar-refractivity contribution is 7.89. The Morgan fingerprint density at radius 2 is 2.00 bits per heavy atom. The summed E-state index contributed by atoms with van der Waals surface area (Å²) < 4.78 is 26.3. The highest BCUT2D eigenvalue weighted by Crippen LogP contribution is 2.10. The first-order chi connectivity index (χ1) is 9.86. The maximum absolute atomic E-state index is 11.8. The second-order valence-electron chi connectivity index (χ2n) is 4.52. The molecule has 0 saturated carbocycles. The molecule has 3 N–H and O–H groups in total. The largest absolute Gasteiger partial charge is 0.350 e. The Morgan fingerprint density at radius 3 is 2.52 bits per heavy atom. The second-order valence-corrected chi connectivity index (χ2v) is 7.09. The van der Waals surface area contributed by atoms with Crippen LogP contribution in [0.15, 0.2) is 35.2 Å². The number of aryl methyl sites for hydroxylation is 1. The van der Waals surface area contributed by atoms with E-state index in [1.165, 1.54) is 23.7 Å². The summed E-state index contributed by atoms with van der Waals surface area (Å²) in [6, 6.07) is 8.01. The predicted molar refractivity (Wildman–Crippen MR) is 80.7 cm³/mol. The molecule has 0 radical (unpaired) electrons. The zero-order valence-electron chi connectivity index (χ0n) is 11.4. The number of nitrogens with zero attached hydrogens (tertiary/aromatic N) is 1. The summed E-state index contributed by atoms with van der Waals surface area (Å²) in [7, 11) is -3.66. The normalized spacial score (nSPS) is 11.3. The van der Waals surface area contributed by atoms with Gasteiger partial charge in [-0.05, 0) is 48.6 Å². The third kappa shape index (κ3) is 4.35. The van der Waals surface area contributed by atoms with Gasteiger partial charge < -0.3 is 5.32 Å². The predicted octanol–water partition coefficient (Wildman–Crippen LogP) is 1.07. The van der Waals surface area contributed by atoms with E-state index in [9.17, 15) is 13.2 Å². The van der Waals surface area contributed by atoms with E-state index in [0.29, 0.717) is 18.7 Å². The lowest BCUT2D eigenvalue weighted by molar-refractivity contribution is 0.0950. The number of sulfonamides is 1. The summed E-state index contributed by atoms with van der Waals surface area (Å²) in [6.07, 6.45) is 0.597. The van der Waals surface area contributed by atoms with Gasteiger partial charge in [-0.15, -0.1) is 0 Å². The molecule has 1 heterocycles. The molecule has 1 aromatic carbocycles. The van der Waals surface area contributed by atoms with E-state index in [-0.39, 0.29) is 10.8 Å². The van der Waals surface area contributed by atoms with Crippen molar-refractivity contribution in [3.63, 3.8) is 0 Å². The first-order valence-electron chi connectivity index (χ1n) is 6.19. The molecular weight excluding hydrogens is 310 g/mol. The van der Waals surface area contributed by atoms with Crippen LogP contribution in [0.25, 0.3) is 0 Å². The Bertz CT molecular complexity index is 736. The van der Waals surface area contributed by atoms with Crippen molar-refractivity contribution in [2.75, 3.05) is 6.54 Å². The number of primary sulfonamides is 1. The third-order valence-electron chi connectivity index (χ3n) is 2.81. The van der Waals surface area contributed by atoms with Crippen molar-refractivity contribution >= 4 is 27.5 Å². The molecule has 0 aliphatic carbocycles. The van der Waals surface area contributed by atoms with Crippen LogP contribution in [0.5, 0.6) is 0 Å². The van der Waals surface area contributed by atoms with Gasteiger partial charge in [-0.1, -0.05) is 12.1 Å². The summed E-state index contributed by atoms with van der Waals surface area (Å²) in [5.41, 5.74) is 1.33. The number of rotatable bonds is 5. The van der Waals surface area contributed by atoms with Crippen LogP contribution in [0.4, 0.5) is 0 Å². The number of nitrogens with one attached hydrogen (secondary N) is 1. The highest BCUT2D eigenvalue weighted by Gasteiger charge is 2.09. The molecule has 8 heteroatoms. The SMILES string of the molecule is Cc1cc(C(=O)NCCc2ccc(S(N)(=O)=O)cc2)ns1. The number of carbonyl (C=O) groups is 1. The molecule has 6 nitrogen and oxygen atoms in total. The molecule has 0 aliphatic rings. The summed E-state index contributed by atoms with van der Waals surface area (Å²) in [6.45, 7) is 2.34. The van der Waals surface area contributed by atoms with Gasteiger partial charge in [0, 0.05) is 11.4 Å². The van der Waals surface area contributed by atoms with E-state index in [1.807, 2.05) is 6.92 Å². The van der Waals surface area contributed by atoms with E-state index in [2.05, 4.69) is 9.69 Å². The van der Waals surface area contributed by atoms with Gasteiger partial charge in [-0.25, -0.2) is 13.6 Å². The molecule has 0 unspecified atom stereocenters. The summed E-state index contributed by atoms with van der Waals surface area (Å²) in [4.78, 5) is 12.8. The molecule has 0 bridgehead atoms. The van der Waals surface area contributed by atoms with Crippen LogP contribution in [-0.2, 0) is 16.4 Å². The van der Waals surface area contributed by atoms with Crippen LogP contribution >= 0.6 is 11.5 Å².